The monoisotopic (exact) mass is 225 g/mol. The molecule has 1 aliphatic carbocycles. The molecule has 1 saturated carbocycles. The van der Waals surface area contributed by atoms with Crippen molar-refractivity contribution in [3.05, 3.63) is 29.8 Å². The van der Waals surface area contributed by atoms with Crippen molar-refractivity contribution >= 4 is 12.4 Å². The molecule has 2 aliphatic rings. The Balaban J connectivity index is 0.000000853. The number of rotatable bonds is 2. The van der Waals surface area contributed by atoms with Crippen LogP contribution in [-0.2, 0) is 5.41 Å². The average molecular weight is 226 g/mol. The maximum Gasteiger partial charge on any atom is 0.118 e. The lowest BCUT2D eigenvalue weighted by molar-refractivity contribution is 0.414. The van der Waals surface area contributed by atoms with Crippen molar-refractivity contribution in [2.24, 2.45) is 5.92 Å². The lowest BCUT2D eigenvalue weighted by Crippen LogP contribution is -2.19. The predicted octanol–water partition coefficient (Wildman–Crippen LogP) is 1.98. The fourth-order valence-corrected chi connectivity index (χ4v) is 2.71. The van der Waals surface area contributed by atoms with Gasteiger partial charge in [-0.05, 0) is 36.6 Å². The Kier molecular flexibility index (Phi) is 2.65. The normalized spacial score (nSPS) is 31.7. The zero-order chi connectivity index (χ0) is 9.60. The van der Waals surface area contributed by atoms with E-state index in [0.717, 1.165) is 18.2 Å². The summed E-state index contributed by atoms with van der Waals surface area (Å²) in [6.45, 7) is 2.36. The lowest BCUT2D eigenvalue weighted by Gasteiger charge is -2.12. The van der Waals surface area contributed by atoms with E-state index < -0.39 is 0 Å². The molecule has 0 radical (unpaired) electrons. The number of benzene rings is 1. The fourth-order valence-electron chi connectivity index (χ4n) is 2.71. The molecule has 0 amide bonds. The van der Waals surface area contributed by atoms with Crippen LogP contribution in [0.5, 0.6) is 5.75 Å². The summed E-state index contributed by atoms with van der Waals surface area (Å²) in [4.78, 5) is 0. The van der Waals surface area contributed by atoms with E-state index in [1.807, 2.05) is 0 Å². The molecule has 3 heteroatoms. The number of halogens is 1. The molecule has 1 aliphatic heterocycles. The van der Waals surface area contributed by atoms with Crippen LogP contribution >= 0.6 is 12.4 Å². The molecule has 0 aromatic heterocycles. The van der Waals surface area contributed by atoms with Gasteiger partial charge in [-0.1, -0.05) is 12.1 Å². The van der Waals surface area contributed by atoms with Crippen LogP contribution in [-0.4, -0.2) is 20.2 Å². The average Bonchev–Trinajstić information content (AvgIpc) is 2.82. The number of methoxy groups -OCH3 is 1. The van der Waals surface area contributed by atoms with Crippen molar-refractivity contribution < 1.29 is 4.74 Å². The topological polar surface area (TPSA) is 21.3 Å². The molecule has 82 valence electrons. The maximum absolute atomic E-state index is 5.16. The highest BCUT2D eigenvalue weighted by molar-refractivity contribution is 5.85. The molecule has 2 atom stereocenters. The van der Waals surface area contributed by atoms with E-state index in [-0.39, 0.29) is 12.4 Å². The highest BCUT2D eigenvalue weighted by atomic mass is 35.5. The Labute approximate surface area is 96.4 Å². The molecule has 1 aromatic carbocycles. The summed E-state index contributed by atoms with van der Waals surface area (Å²) < 4.78 is 5.16. The molecule has 2 nitrogen and oxygen atoms in total. The Hall–Kier alpha value is -0.730. The number of hydrogen-bond donors (Lipinski definition) is 1. The van der Waals surface area contributed by atoms with E-state index in [0.29, 0.717) is 5.41 Å². The second-order valence-electron chi connectivity index (χ2n) is 4.42. The molecular formula is C12H16ClNO. The van der Waals surface area contributed by atoms with Crippen LogP contribution in [0.15, 0.2) is 24.3 Å². The minimum absolute atomic E-state index is 0. The maximum atomic E-state index is 5.16. The highest BCUT2D eigenvalue weighted by Gasteiger charge is 2.57. The third-order valence-corrected chi connectivity index (χ3v) is 3.73. The van der Waals surface area contributed by atoms with Crippen LogP contribution in [0.25, 0.3) is 0 Å². The molecule has 1 N–H and O–H groups in total. The van der Waals surface area contributed by atoms with Crippen molar-refractivity contribution in [1.82, 2.24) is 5.32 Å². The Morgan fingerprint density at radius 3 is 2.53 bits per heavy atom. The molecule has 3 rings (SSSR count). The molecule has 1 aromatic rings. The van der Waals surface area contributed by atoms with Gasteiger partial charge in [0.2, 0.25) is 0 Å². The van der Waals surface area contributed by atoms with Gasteiger partial charge in [0, 0.05) is 12.0 Å². The zero-order valence-corrected chi connectivity index (χ0v) is 9.64. The SMILES string of the molecule is COc1ccc([C@]23CNC[C@H]2C3)cc1.Cl. The third kappa shape index (κ3) is 1.52. The number of ether oxygens (including phenoxy) is 1. The molecule has 1 saturated heterocycles. The lowest BCUT2D eigenvalue weighted by atomic mass is 9.95. The van der Waals surface area contributed by atoms with Gasteiger partial charge in [-0.2, -0.15) is 0 Å². The first-order valence-corrected chi connectivity index (χ1v) is 5.20. The van der Waals surface area contributed by atoms with Crippen LogP contribution in [0, 0.1) is 5.92 Å². The van der Waals surface area contributed by atoms with Crippen LogP contribution in [0.2, 0.25) is 0 Å². The first-order chi connectivity index (χ1) is 6.85. The standard InChI is InChI=1S/C12H15NO.ClH/c1-14-11-4-2-9(3-5-11)12-6-10(12)7-13-8-12;/h2-5,10,13H,6-8H2,1H3;1H/t10-,12+;/m1./s1. The Morgan fingerprint density at radius 2 is 2.07 bits per heavy atom. The van der Waals surface area contributed by atoms with Gasteiger partial charge in [0.15, 0.2) is 0 Å². The van der Waals surface area contributed by atoms with Crippen LogP contribution in [0.3, 0.4) is 0 Å². The zero-order valence-electron chi connectivity index (χ0n) is 8.82. The van der Waals surface area contributed by atoms with E-state index in [1.165, 1.54) is 18.5 Å². The summed E-state index contributed by atoms with van der Waals surface area (Å²) in [5.41, 5.74) is 1.96. The van der Waals surface area contributed by atoms with E-state index in [4.69, 9.17) is 4.74 Å². The first kappa shape index (κ1) is 10.8. The van der Waals surface area contributed by atoms with Gasteiger partial charge >= 0.3 is 0 Å². The second kappa shape index (κ2) is 3.69. The van der Waals surface area contributed by atoms with Crippen molar-refractivity contribution in [3.63, 3.8) is 0 Å². The van der Waals surface area contributed by atoms with Gasteiger partial charge in [-0.15, -0.1) is 12.4 Å². The van der Waals surface area contributed by atoms with Crippen LogP contribution in [0.4, 0.5) is 0 Å². The van der Waals surface area contributed by atoms with Crippen LogP contribution < -0.4 is 10.1 Å². The van der Waals surface area contributed by atoms with Crippen molar-refractivity contribution in [1.29, 1.82) is 0 Å². The Bertz CT molecular complexity index is 351. The summed E-state index contributed by atoms with van der Waals surface area (Å²) in [6, 6.07) is 8.56. The van der Waals surface area contributed by atoms with E-state index in [1.54, 1.807) is 7.11 Å². The third-order valence-electron chi connectivity index (χ3n) is 3.73. The van der Waals surface area contributed by atoms with Crippen LogP contribution in [0.1, 0.15) is 12.0 Å². The van der Waals surface area contributed by atoms with Gasteiger partial charge in [-0.3, -0.25) is 0 Å². The number of nitrogens with one attached hydrogen (secondary N) is 1. The van der Waals surface area contributed by atoms with Gasteiger partial charge in [-0.25, -0.2) is 0 Å². The first-order valence-electron chi connectivity index (χ1n) is 5.20. The molecule has 0 unspecified atom stereocenters. The molecule has 15 heavy (non-hydrogen) atoms. The van der Waals surface area contributed by atoms with Crippen molar-refractivity contribution in [2.75, 3.05) is 20.2 Å². The smallest absolute Gasteiger partial charge is 0.118 e. The molecular weight excluding hydrogens is 210 g/mol. The van der Waals surface area contributed by atoms with Gasteiger partial charge < -0.3 is 10.1 Å². The summed E-state index contributed by atoms with van der Waals surface area (Å²) in [7, 11) is 1.71. The van der Waals surface area contributed by atoms with Gasteiger partial charge in [0.1, 0.15) is 5.75 Å². The summed E-state index contributed by atoms with van der Waals surface area (Å²) >= 11 is 0. The number of fused-ring (bicyclic) bond motifs is 1. The van der Waals surface area contributed by atoms with E-state index >= 15 is 0 Å². The summed E-state index contributed by atoms with van der Waals surface area (Å²) in [5, 5.41) is 3.46. The highest BCUT2D eigenvalue weighted by Crippen LogP contribution is 2.56. The minimum atomic E-state index is 0. The number of hydrogen-bond acceptors (Lipinski definition) is 2. The summed E-state index contributed by atoms with van der Waals surface area (Å²) in [5.74, 6) is 1.84. The van der Waals surface area contributed by atoms with E-state index in [9.17, 15) is 0 Å². The Morgan fingerprint density at radius 1 is 1.33 bits per heavy atom. The molecule has 1 heterocycles. The van der Waals surface area contributed by atoms with E-state index in [2.05, 4.69) is 29.6 Å². The van der Waals surface area contributed by atoms with Crippen molar-refractivity contribution in [2.45, 2.75) is 11.8 Å². The number of piperidine rings is 1. The minimum Gasteiger partial charge on any atom is -0.497 e. The fraction of sp³-hybridized carbons (Fsp3) is 0.500. The largest absolute Gasteiger partial charge is 0.497 e. The predicted molar refractivity (Wildman–Crippen MR) is 62.9 cm³/mol. The summed E-state index contributed by atoms with van der Waals surface area (Å²) in [6.07, 6.45) is 1.37. The second-order valence-corrected chi connectivity index (χ2v) is 4.42. The molecule has 0 bridgehead atoms. The quantitative estimate of drug-likeness (QED) is 0.831. The van der Waals surface area contributed by atoms with Gasteiger partial charge in [0.25, 0.3) is 0 Å². The van der Waals surface area contributed by atoms with Gasteiger partial charge in [0.05, 0.1) is 7.11 Å². The molecule has 2 fully saturated rings. The molecule has 0 spiro atoms. The van der Waals surface area contributed by atoms with Crippen molar-refractivity contribution in [3.8, 4) is 5.75 Å².